The van der Waals surface area contributed by atoms with Crippen LogP contribution in [0.5, 0.6) is 0 Å². The van der Waals surface area contributed by atoms with E-state index in [1.807, 2.05) is 0 Å². The van der Waals surface area contributed by atoms with E-state index in [0.717, 1.165) is 6.26 Å². The normalized spacial score (nSPS) is 15.6. The largest absolute Gasteiger partial charge is 0.334 e. The van der Waals surface area contributed by atoms with Crippen LogP contribution in [0.2, 0.25) is 5.02 Å². The Morgan fingerprint density at radius 1 is 1.27 bits per heavy atom. The van der Waals surface area contributed by atoms with Crippen LogP contribution in [-0.4, -0.2) is 47.9 Å². The second-order valence-electron chi connectivity index (χ2n) is 7.42. The zero-order valence-corrected chi connectivity index (χ0v) is 17.8. The Kier molecular flexibility index (Phi) is 5.90. The standard InChI is InChI=1S/C20H20ClFN2O5S/c1-20(19(26)23-27,30(2,28)29)7-8-24-11-13-9-12(3-5-16(13)18(24)25)15-6-4-14(21)10-17(15)22/h3-6,9-10,27H,7-8,11H2,1-2H3,(H,23,26)/t20-/m1/s1. The van der Waals surface area contributed by atoms with Gasteiger partial charge in [0.15, 0.2) is 14.6 Å². The third-order valence-electron chi connectivity index (χ3n) is 5.49. The van der Waals surface area contributed by atoms with Crippen LogP contribution in [0, 0.1) is 5.82 Å². The number of carbonyl (C=O) groups is 2. The minimum absolute atomic E-state index is 0.0187. The first-order chi connectivity index (χ1) is 14.0. The van der Waals surface area contributed by atoms with Crippen LogP contribution < -0.4 is 5.48 Å². The van der Waals surface area contributed by atoms with Gasteiger partial charge in [-0.2, -0.15) is 0 Å². The van der Waals surface area contributed by atoms with Gasteiger partial charge in [0.05, 0.1) is 0 Å². The Hall–Kier alpha value is -2.49. The van der Waals surface area contributed by atoms with Crippen molar-refractivity contribution in [2.24, 2.45) is 0 Å². The topological polar surface area (TPSA) is 104 Å². The molecule has 0 unspecified atom stereocenters. The summed E-state index contributed by atoms with van der Waals surface area (Å²) in [7, 11) is -3.87. The summed E-state index contributed by atoms with van der Waals surface area (Å²) in [6.07, 6.45) is 0.701. The Balaban J connectivity index is 1.83. The van der Waals surface area contributed by atoms with E-state index in [9.17, 15) is 22.4 Å². The van der Waals surface area contributed by atoms with Gasteiger partial charge in [-0.25, -0.2) is 18.3 Å². The number of hydrogen-bond donors (Lipinski definition) is 2. The van der Waals surface area contributed by atoms with E-state index in [-0.39, 0.29) is 30.4 Å². The number of carbonyl (C=O) groups excluding carboxylic acids is 2. The maximum atomic E-state index is 14.2. The number of amides is 2. The predicted octanol–water partition coefficient (Wildman–Crippen LogP) is 2.80. The molecule has 0 spiro atoms. The molecule has 2 N–H and O–H groups in total. The molecule has 0 fully saturated rings. The number of nitrogens with one attached hydrogen (secondary N) is 1. The maximum Gasteiger partial charge on any atom is 0.264 e. The number of rotatable bonds is 6. The quantitative estimate of drug-likeness (QED) is 0.516. The average Bonchev–Trinajstić information content (AvgIpc) is 2.99. The molecule has 30 heavy (non-hydrogen) atoms. The third-order valence-corrected chi connectivity index (χ3v) is 7.75. The zero-order chi connectivity index (χ0) is 22.3. The Morgan fingerprint density at radius 3 is 2.53 bits per heavy atom. The lowest BCUT2D eigenvalue weighted by molar-refractivity contribution is -0.131. The van der Waals surface area contributed by atoms with Gasteiger partial charge in [0.25, 0.3) is 11.8 Å². The van der Waals surface area contributed by atoms with Gasteiger partial charge in [-0.05, 0) is 54.8 Å². The molecule has 0 bridgehead atoms. The number of sulfone groups is 1. The van der Waals surface area contributed by atoms with Gasteiger partial charge in [-0.15, -0.1) is 0 Å². The fourth-order valence-electron chi connectivity index (χ4n) is 3.39. The molecule has 2 aromatic rings. The van der Waals surface area contributed by atoms with Crippen molar-refractivity contribution >= 4 is 33.3 Å². The molecule has 1 aliphatic rings. The first-order valence-electron chi connectivity index (χ1n) is 8.99. The van der Waals surface area contributed by atoms with E-state index in [1.165, 1.54) is 23.4 Å². The molecule has 0 aromatic heterocycles. The van der Waals surface area contributed by atoms with Gasteiger partial charge in [-0.3, -0.25) is 14.8 Å². The average molecular weight is 455 g/mol. The fourth-order valence-corrected chi connectivity index (χ4v) is 4.39. The molecule has 1 heterocycles. The minimum atomic E-state index is -3.87. The molecule has 7 nitrogen and oxygen atoms in total. The summed E-state index contributed by atoms with van der Waals surface area (Å²) in [6, 6.07) is 9.26. The van der Waals surface area contributed by atoms with Crippen molar-refractivity contribution in [3.63, 3.8) is 0 Å². The lowest BCUT2D eigenvalue weighted by Crippen LogP contribution is -2.50. The third kappa shape index (κ3) is 3.92. The molecular weight excluding hydrogens is 435 g/mol. The zero-order valence-electron chi connectivity index (χ0n) is 16.3. The van der Waals surface area contributed by atoms with Crippen LogP contribution in [0.1, 0.15) is 29.3 Å². The van der Waals surface area contributed by atoms with E-state index in [4.69, 9.17) is 16.8 Å². The van der Waals surface area contributed by atoms with Crippen LogP contribution >= 0.6 is 11.6 Å². The molecule has 160 valence electrons. The highest BCUT2D eigenvalue weighted by atomic mass is 35.5. The molecule has 1 atom stereocenters. The smallest absolute Gasteiger partial charge is 0.264 e. The number of benzene rings is 2. The summed E-state index contributed by atoms with van der Waals surface area (Å²) >= 11 is 5.79. The van der Waals surface area contributed by atoms with E-state index < -0.39 is 26.3 Å². The van der Waals surface area contributed by atoms with Crippen molar-refractivity contribution in [2.45, 2.75) is 24.6 Å². The van der Waals surface area contributed by atoms with Crippen LogP contribution in [0.15, 0.2) is 36.4 Å². The molecular formula is C20H20ClFN2O5S. The highest BCUT2D eigenvalue weighted by Crippen LogP contribution is 2.32. The van der Waals surface area contributed by atoms with Crippen molar-refractivity contribution in [3.8, 4) is 11.1 Å². The number of fused-ring (bicyclic) bond motifs is 1. The van der Waals surface area contributed by atoms with Crippen molar-refractivity contribution in [1.82, 2.24) is 10.4 Å². The second kappa shape index (κ2) is 7.98. The van der Waals surface area contributed by atoms with E-state index in [0.29, 0.717) is 22.3 Å². The summed E-state index contributed by atoms with van der Waals surface area (Å²) in [4.78, 5) is 26.1. The summed E-state index contributed by atoms with van der Waals surface area (Å²) in [5.41, 5.74) is 3.41. The van der Waals surface area contributed by atoms with E-state index in [1.54, 1.807) is 30.3 Å². The molecule has 10 heteroatoms. The molecule has 0 saturated carbocycles. The summed E-state index contributed by atoms with van der Waals surface area (Å²) in [5.74, 6) is -1.86. The first kappa shape index (κ1) is 22.2. The molecule has 0 radical (unpaired) electrons. The monoisotopic (exact) mass is 454 g/mol. The molecule has 2 amide bonds. The Morgan fingerprint density at radius 2 is 1.93 bits per heavy atom. The highest BCUT2D eigenvalue weighted by molar-refractivity contribution is 7.92. The Labute approximate surface area is 178 Å². The molecule has 0 aliphatic carbocycles. The fraction of sp³-hybridized carbons (Fsp3) is 0.300. The van der Waals surface area contributed by atoms with Crippen LogP contribution in [-0.2, 0) is 21.2 Å². The van der Waals surface area contributed by atoms with Crippen molar-refractivity contribution in [3.05, 3.63) is 58.4 Å². The van der Waals surface area contributed by atoms with Gasteiger partial charge in [0, 0.05) is 35.5 Å². The Bertz CT molecular complexity index is 1140. The summed E-state index contributed by atoms with van der Waals surface area (Å²) < 4.78 is 36.5. The molecule has 3 rings (SSSR count). The van der Waals surface area contributed by atoms with Crippen molar-refractivity contribution in [1.29, 1.82) is 0 Å². The number of hydroxylamine groups is 1. The van der Waals surface area contributed by atoms with Crippen LogP contribution in [0.25, 0.3) is 11.1 Å². The number of hydrogen-bond acceptors (Lipinski definition) is 5. The first-order valence-corrected chi connectivity index (χ1v) is 11.3. The maximum absolute atomic E-state index is 14.2. The van der Waals surface area contributed by atoms with Gasteiger partial charge >= 0.3 is 0 Å². The molecule has 2 aromatic carbocycles. The lowest BCUT2D eigenvalue weighted by Gasteiger charge is -2.27. The van der Waals surface area contributed by atoms with Gasteiger partial charge < -0.3 is 4.90 Å². The summed E-state index contributed by atoms with van der Waals surface area (Å²) in [5, 5.41) is 9.19. The van der Waals surface area contributed by atoms with E-state index in [2.05, 4.69) is 0 Å². The van der Waals surface area contributed by atoms with Crippen molar-refractivity contribution in [2.75, 3.05) is 12.8 Å². The SMILES string of the molecule is C[C@@](CCN1Cc2cc(-c3ccc(Cl)cc3F)ccc2C1=O)(C(=O)NO)S(C)(=O)=O. The van der Waals surface area contributed by atoms with Crippen LogP contribution in [0.3, 0.4) is 0 Å². The predicted molar refractivity (Wildman–Crippen MR) is 109 cm³/mol. The lowest BCUT2D eigenvalue weighted by atomic mass is 10.00. The minimum Gasteiger partial charge on any atom is -0.334 e. The second-order valence-corrected chi connectivity index (χ2v) is 10.3. The molecule has 1 aliphatic heterocycles. The number of nitrogens with zero attached hydrogens (tertiary/aromatic N) is 1. The van der Waals surface area contributed by atoms with Crippen LogP contribution in [0.4, 0.5) is 4.39 Å². The highest BCUT2D eigenvalue weighted by Gasteiger charge is 2.44. The number of halogens is 2. The molecule has 0 saturated heterocycles. The van der Waals surface area contributed by atoms with E-state index >= 15 is 0 Å². The summed E-state index contributed by atoms with van der Waals surface area (Å²) in [6.45, 7) is 1.37. The van der Waals surface area contributed by atoms with Gasteiger partial charge in [0.1, 0.15) is 5.82 Å². The van der Waals surface area contributed by atoms with Crippen molar-refractivity contribution < 1.29 is 27.6 Å². The van der Waals surface area contributed by atoms with Gasteiger partial charge in [-0.1, -0.05) is 17.7 Å². The van der Waals surface area contributed by atoms with Gasteiger partial charge in [0.2, 0.25) is 0 Å².